The van der Waals surface area contributed by atoms with Gasteiger partial charge in [-0.25, -0.2) is 9.97 Å². The molecule has 30 heavy (non-hydrogen) atoms. The maximum atomic E-state index is 5.58. The molecule has 3 aromatic rings. The Balaban J connectivity index is 0.00000256. The lowest BCUT2D eigenvalue weighted by atomic mass is 10.0. The second-order valence-corrected chi connectivity index (χ2v) is 8.32. The molecular formula is C22H28IN5OS. The van der Waals surface area contributed by atoms with Gasteiger partial charge in [0.1, 0.15) is 6.26 Å². The van der Waals surface area contributed by atoms with Gasteiger partial charge in [0.2, 0.25) is 5.89 Å². The second-order valence-electron chi connectivity index (χ2n) is 7.15. The first-order chi connectivity index (χ1) is 14.3. The Bertz CT molecular complexity index is 930. The summed E-state index contributed by atoms with van der Waals surface area (Å²) >= 11 is 1.90. The molecule has 2 heterocycles. The van der Waals surface area contributed by atoms with E-state index in [1.807, 2.05) is 41.7 Å². The number of nitrogens with zero attached hydrogens (tertiary/aromatic N) is 3. The number of aromatic nitrogens is 2. The van der Waals surface area contributed by atoms with Crippen LogP contribution in [0.5, 0.6) is 0 Å². The van der Waals surface area contributed by atoms with Gasteiger partial charge < -0.3 is 15.1 Å². The van der Waals surface area contributed by atoms with Crippen molar-refractivity contribution in [3.63, 3.8) is 0 Å². The summed E-state index contributed by atoms with van der Waals surface area (Å²) in [5, 5.41) is 7.94. The number of oxazole rings is 1. The average Bonchev–Trinajstić information content (AvgIpc) is 3.40. The van der Waals surface area contributed by atoms with Crippen LogP contribution >= 0.6 is 35.3 Å². The fourth-order valence-corrected chi connectivity index (χ4v) is 4.65. The first kappa shape index (κ1) is 22.7. The van der Waals surface area contributed by atoms with Crippen molar-refractivity contribution < 1.29 is 4.42 Å². The maximum absolute atomic E-state index is 5.58. The van der Waals surface area contributed by atoms with E-state index in [4.69, 9.17) is 9.40 Å². The van der Waals surface area contributed by atoms with Gasteiger partial charge in [-0.1, -0.05) is 18.2 Å². The van der Waals surface area contributed by atoms with Crippen LogP contribution < -0.4 is 10.6 Å². The van der Waals surface area contributed by atoms with Gasteiger partial charge >= 0.3 is 0 Å². The molecule has 0 saturated carbocycles. The molecule has 1 aromatic carbocycles. The van der Waals surface area contributed by atoms with Gasteiger partial charge in [0.15, 0.2) is 5.96 Å². The summed E-state index contributed by atoms with van der Waals surface area (Å²) in [5.74, 6) is 1.41. The molecule has 0 amide bonds. The number of aliphatic imine (C=N–C) groups is 1. The number of benzene rings is 1. The third-order valence-electron chi connectivity index (χ3n) is 4.98. The Morgan fingerprint density at radius 2 is 1.97 bits per heavy atom. The number of aryl methyl sites for hydroxylation is 3. The molecule has 8 heteroatoms. The lowest BCUT2D eigenvalue weighted by Crippen LogP contribution is -2.37. The summed E-state index contributed by atoms with van der Waals surface area (Å²) in [6.07, 6.45) is 8.73. The third-order valence-corrected chi connectivity index (χ3v) is 6.20. The van der Waals surface area contributed by atoms with E-state index in [0.717, 1.165) is 43.0 Å². The molecule has 0 saturated heterocycles. The van der Waals surface area contributed by atoms with Crippen LogP contribution in [0.2, 0.25) is 0 Å². The summed E-state index contributed by atoms with van der Waals surface area (Å²) in [6, 6.07) is 9.91. The topological polar surface area (TPSA) is 75.3 Å². The van der Waals surface area contributed by atoms with E-state index in [-0.39, 0.29) is 24.0 Å². The van der Waals surface area contributed by atoms with E-state index >= 15 is 0 Å². The number of thiazole rings is 1. The minimum atomic E-state index is 0. The van der Waals surface area contributed by atoms with Crippen LogP contribution in [-0.2, 0) is 25.8 Å². The highest BCUT2D eigenvalue weighted by molar-refractivity contribution is 14.0. The zero-order valence-electron chi connectivity index (χ0n) is 17.2. The molecule has 6 nitrogen and oxygen atoms in total. The van der Waals surface area contributed by atoms with Crippen LogP contribution in [0.1, 0.15) is 40.5 Å². The fraction of sp³-hybridized carbons (Fsp3) is 0.409. The first-order valence-electron chi connectivity index (χ1n) is 10.2. The molecular weight excluding hydrogens is 509 g/mol. The third kappa shape index (κ3) is 6.04. The smallest absolute Gasteiger partial charge is 0.226 e. The molecule has 0 spiro atoms. The van der Waals surface area contributed by atoms with Gasteiger partial charge in [-0.3, -0.25) is 4.99 Å². The highest BCUT2D eigenvalue weighted by atomic mass is 127. The minimum Gasteiger partial charge on any atom is -0.444 e. The van der Waals surface area contributed by atoms with Crippen molar-refractivity contribution >= 4 is 41.3 Å². The molecule has 1 aliphatic rings. The highest BCUT2D eigenvalue weighted by Gasteiger charge is 2.14. The van der Waals surface area contributed by atoms with Crippen molar-refractivity contribution in [1.29, 1.82) is 0 Å². The molecule has 0 fully saturated rings. The van der Waals surface area contributed by atoms with E-state index in [2.05, 4.69) is 20.6 Å². The molecule has 160 valence electrons. The standard InChI is InChI=1S/C22H27N5OS.HI/c1-23-22(24-13-7-12-20-27-18-10-5-6-11-19(18)29-20)25-14-17-15-28-21(26-17)16-8-3-2-4-9-16;/h2-4,8-9,15H,5-7,10-14H2,1H3,(H2,23,24,25);1H. The molecule has 2 aromatic heterocycles. The monoisotopic (exact) mass is 537 g/mol. The molecule has 0 atom stereocenters. The minimum absolute atomic E-state index is 0. The van der Waals surface area contributed by atoms with E-state index in [0.29, 0.717) is 12.4 Å². The lowest BCUT2D eigenvalue weighted by Gasteiger charge is -2.10. The zero-order chi connectivity index (χ0) is 19.9. The summed E-state index contributed by atoms with van der Waals surface area (Å²) in [5.41, 5.74) is 3.18. The van der Waals surface area contributed by atoms with Crippen molar-refractivity contribution in [1.82, 2.24) is 20.6 Å². The Hall–Kier alpha value is -1.94. The summed E-state index contributed by atoms with van der Waals surface area (Å²) in [7, 11) is 1.78. The van der Waals surface area contributed by atoms with E-state index < -0.39 is 0 Å². The summed E-state index contributed by atoms with van der Waals surface area (Å²) in [6.45, 7) is 1.42. The predicted molar refractivity (Wildman–Crippen MR) is 133 cm³/mol. The van der Waals surface area contributed by atoms with Gasteiger partial charge in [0, 0.05) is 30.5 Å². The quantitative estimate of drug-likeness (QED) is 0.200. The number of rotatable bonds is 7. The predicted octanol–water partition coefficient (Wildman–Crippen LogP) is 4.59. The average molecular weight is 537 g/mol. The fourth-order valence-electron chi connectivity index (χ4n) is 3.46. The van der Waals surface area contributed by atoms with Gasteiger partial charge in [-0.15, -0.1) is 35.3 Å². The SMILES string of the molecule is CN=C(NCCCc1nc2c(s1)CCCC2)NCc1coc(-c2ccccc2)n1.I. The largest absolute Gasteiger partial charge is 0.444 e. The Kier molecular flexibility index (Phi) is 8.68. The van der Waals surface area contributed by atoms with Crippen LogP contribution in [0.4, 0.5) is 0 Å². The van der Waals surface area contributed by atoms with E-state index in [1.165, 1.54) is 34.8 Å². The molecule has 0 unspecified atom stereocenters. The van der Waals surface area contributed by atoms with Crippen LogP contribution in [0, 0.1) is 0 Å². The number of fused-ring (bicyclic) bond motifs is 1. The van der Waals surface area contributed by atoms with Crippen molar-refractivity contribution in [2.75, 3.05) is 13.6 Å². The lowest BCUT2D eigenvalue weighted by molar-refractivity contribution is 0.572. The van der Waals surface area contributed by atoms with Crippen LogP contribution in [-0.4, -0.2) is 29.5 Å². The number of nitrogens with one attached hydrogen (secondary N) is 2. The normalized spacial score (nSPS) is 13.4. The van der Waals surface area contributed by atoms with Gasteiger partial charge in [-0.2, -0.15) is 0 Å². The van der Waals surface area contributed by atoms with Gasteiger partial charge in [-0.05, 0) is 44.2 Å². The number of hydrogen-bond donors (Lipinski definition) is 2. The molecule has 4 rings (SSSR count). The summed E-state index contributed by atoms with van der Waals surface area (Å²) < 4.78 is 5.58. The molecule has 0 radical (unpaired) electrons. The van der Waals surface area contributed by atoms with Gasteiger partial charge in [0.05, 0.1) is 22.9 Å². The van der Waals surface area contributed by atoms with Crippen molar-refractivity contribution in [2.24, 2.45) is 4.99 Å². The Morgan fingerprint density at radius 3 is 2.77 bits per heavy atom. The molecule has 2 N–H and O–H groups in total. The van der Waals surface area contributed by atoms with Crippen molar-refractivity contribution in [2.45, 2.75) is 45.1 Å². The molecule has 1 aliphatic carbocycles. The van der Waals surface area contributed by atoms with Crippen LogP contribution in [0.3, 0.4) is 0 Å². The van der Waals surface area contributed by atoms with E-state index in [1.54, 1.807) is 13.3 Å². The number of hydrogen-bond acceptors (Lipinski definition) is 5. The van der Waals surface area contributed by atoms with Crippen LogP contribution in [0.25, 0.3) is 11.5 Å². The van der Waals surface area contributed by atoms with E-state index in [9.17, 15) is 0 Å². The maximum Gasteiger partial charge on any atom is 0.226 e. The first-order valence-corrected chi connectivity index (χ1v) is 11.1. The highest BCUT2D eigenvalue weighted by Crippen LogP contribution is 2.27. The zero-order valence-corrected chi connectivity index (χ0v) is 20.3. The Labute approximate surface area is 198 Å². The second kappa shape index (κ2) is 11.5. The molecule has 0 aliphatic heterocycles. The molecule has 0 bridgehead atoms. The van der Waals surface area contributed by atoms with Crippen molar-refractivity contribution in [3.05, 3.63) is 57.9 Å². The number of halogens is 1. The summed E-state index contributed by atoms with van der Waals surface area (Å²) in [4.78, 5) is 15.2. The Morgan fingerprint density at radius 1 is 1.13 bits per heavy atom. The number of guanidine groups is 1. The van der Waals surface area contributed by atoms with Crippen LogP contribution in [0.15, 0.2) is 46.0 Å². The van der Waals surface area contributed by atoms with Crippen molar-refractivity contribution in [3.8, 4) is 11.5 Å². The van der Waals surface area contributed by atoms with Gasteiger partial charge in [0.25, 0.3) is 0 Å².